The second-order valence-electron chi connectivity index (χ2n) is 17.0. The summed E-state index contributed by atoms with van der Waals surface area (Å²) in [7, 11) is 0. The molecule has 0 saturated carbocycles. The maximum atomic E-state index is 13.7. The molecule has 13 nitrogen and oxygen atoms in total. The number of rotatable bonds is 3. The first-order valence-corrected chi connectivity index (χ1v) is 19.9. The molecule has 0 radical (unpaired) electrons. The van der Waals surface area contributed by atoms with E-state index in [0.717, 1.165) is 31.3 Å². The van der Waals surface area contributed by atoms with Crippen molar-refractivity contribution in [3.8, 4) is 0 Å². The Morgan fingerprint density at radius 3 is 2.17 bits per heavy atom. The number of ketones is 2. The normalized spacial score (nSPS) is 49.8. The van der Waals surface area contributed by atoms with Crippen molar-refractivity contribution < 1.29 is 63.5 Å². The van der Waals surface area contributed by atoms with E-state index in [1.165, 1.54) is 0 Å². The van der Waals surface area contributed by atoms with Crippen molar-refractivity contribution in [2.24, 2.45) is 17.8 Å². The first-order chi connectivity index (χ1) is 24.9. The number of carbonyl (C=O) groups excluding carboxylic acids is 2. The SMILES string of the molecule is C=C1[C@H](C)CC2CC[C@@H]3OC(CCC(=O)C[C@@H]4O[C@@H]5[C@@H](O[C@H]6CC[C@H](CC(=O)C[C@H]7C(C[C@H]1O2)OC(C[C@H](O)CO)[C@@H]7O)OC6[C@@H]5O)[C@H]4O)CC3C. The summed E-state index contributed by atoms with van der Waals surface area (Å²) in [6.07, 6.45) is -4.36. The topological polar surface area (TPSA) is 191 Å². The molecule has 0 aromatic carbocycles. The number of aliphatic hydroxyl groups excluding tert-OH is 5. The summed E-state index contributed by atoms with van der Waals surface area (Å²) in [6.45, 7) is 8.24. The molecule has 52 heavy (non-hydrogen) atoms. The van der Waals surface area contributed by atoms with Gasteiger partial charge in [0.1, 0.15) is 42.1 Å². The van der Waals surface area contributed by atoms with Gasteiger partial charge in [-0.1, -0.05) is 20.4 Å². The Kier molecular flexibility index (Phi) is 12.3. The Balaban J connectivity index is 1.10. The zero-order valence-electron chi connectivity index (χ0n) is 30.6. The van der Waals surface area contributed by atoms with Crippen LogP contribution in [0.3, 0.4) is 0 Å². The highest BCUT2D eigenvalue weighted by molar-refractivity contribution is 5.79. The van der Waals surface area contributed by atoms with E-state index >= 15 is 0 Å². The zero-order valence-corrected chi connectivity index (χ0v) is 30.6. The second-order valence-corrected chi connectivity index (χ2v) is 17.0. The highest BCUT2D eigenvalue weighted by Crippen LogP contribution is 2.43. The van der Waals surface area contributed by atoms with Crippen molar-refractivity contribution in [3.63, 3.8) is 0 Å². The van der Waals surface area contributed by atoms with Gasteiger partial charge >= 0.3 is 0 Å². The number of hydrogen-bond donors (Lipinski definition) is 5. The molecule has 0 amide bonds. The molecule has 0 aliphatic carbocycles. The highest BCUT2D eigenvalue weighted by Gasteiger charge is 2.57. The van der Waals surface area contributed by atoms with E-state index in [1.54, 1.807) is 0 Å². The minimum Gasteiger partial charge on any atom is -0.394 e. The first-order valence-electron chi connectivity index (χ1n) is 19.9. The van der Waals surface area contributed by atoms with Crippen LogP contribution in [0.5, 0.6) is 0 Å². The predicted molar refractivity (Wildman–Crippen MR) is 184 cm³/mol. The average molecular weight is 737 g/mol. The molecule has 8 bridgehead atoms. The van der Waals surface area contributed by atoms with E-state index < -0.39 is 85.8 Å². The number of fused-ring (bicyclic) bond motifs is 7. The molecule has 7 saturated heterocycles. The molecule has 0 aromatic rings. The summed E-state index contributed by atoms with van der Waals surface area (Å²) < 4.78 is 38.1. The highest BCUT2D eigenvalue weighted by atomic mass is 16.6. The van der Waals surface area contributed by atoms with Gasteiger partial charge in [-0.2, -0.15) is 0 Å². The van der Waals surface area contributed by atoms with Crippen LogP contribution < -0.4 is 0 Å². The van der Waals surface area contributed by atoms with Gasteiger partial charge in [0.05, 0.1) is 73.8 Å². The molecule has 0 aromatic heterocycles. The summed E-state index contributed by atoms with van der Waals surface area (Å²) in [5, 5.41) is 53.7. The van der Waals surface area contributed by atoms with E-state index in [9.17, 15) is 35.1 Å². The summed E-state index contributed by atoms with van der Waals surface area (Å²) >= 11 is 0. The molecule has 7 aliphatic heterocycles. The molecular weight excluding hydrogens is 676 g/mol. The van der Waals surface area contributed by atoms with Crippen LogP contribution in [0.4, 0.5) is 0 Å². The molecule has 7 fully saturated rings. The fourth-order valence-corrected chi connectivity index (χ4v) is 10.1. The van der Waals surface area contributed by atoms with Crippen LogP contribution in [0, 0.1) is 17.8 Å². The maximum absolute atomic E-state index is 13.7. The molecule has 19 atom stereocenters. The molecule has 13 heteroatoms. The van der Waals surface area contributed by atoms with E-state index in [2.05, 4.69) is 20.4 Å². The lowest BCUT2D eigenvalue weighted by molar-refractivity contribution is -0.259. The fraction of sp³-hybridized carbons (Fsp3) is 0.897. The number of ether oxygens (including phenoxy) is 6. The van der Waals surface area contributed by atoms with Crippen LogP contribution in [0.1, 0.15) is 97.3 Å². The summed E-state index contributed by atoms with van der Waals surface area (Å²) in [4.78, 5) is 26.8. The van der Waals surface area contributed by atoms with Gasteiger partial charge in [0, 0.05) is 44.4 Å². The van der Waals surface area contributed by atoms with Crippen LogP contribution >= 0.6 is 0 Å². The molecule has 0 spiro atoms. The standard InChI is InChI=1S/C39H60O13/c1-18-10-25-6-8-28-19(2)11-24(47-28)5-4-21(41)14-33-35(45)38-39(52-33)36(46)37-29(51-38)9-7-26(49-37)12-22(42)13-27-31(16-30(48-25)20(18)3)50-32(34(27)44)15-23(43)17-40/h18-19,23-40,43-46H,3-17H2,1-2H3/t18-,19?,23+,24?,25?,26-,27+,28+,29+,30-,31?,32?,33+,34-,35+,36+,37?,38+,39+/m1/s1. The predicted octanol–water partition coefficient (Wildman–Crippen LogP) is 1.69. The van der Waals surface area contributed by atoms with Crippen LogP contribution in [0.15, 0.2) is 12.2 Å². The smallest absolute Gasteiger partial charge is 0.135 e. The number of Topliss-reactive ketones (excluding diaryl/α,β-unsaturated/α-hetero) is 2. The van der Waals surface area contributed by atoms with Gasteiger partial charge in [-0.05, 0) is 62.4 Å². The first kappa shape index (κ1) is 38.9. The van der Waals surface area contributed by atoms with E-state index in [1.807, 2.05) is 0 Å². The maximum Gasteiger partial charge on any atom is 0.135 e. The van der Waals surface area contributed by atoms with E-state index in [0.29, 0.717) is 38.0 Å². The molecule has 7 heterocycles. The molecule has 7 aliphatic rings. The number of carbonyl (C=O) groups is 2. The minimum atomic E-state index is -1.11. The Morgan fingerprint density at radius 2 is 1.38 bits per heavy atom. The Hall–Kier alpha value is -1.36. The third-order valence-electron chi connectivity index (χ3n) is 13.2. The molecule has 6 unspecified atom stereocenters. The zero-order chi connectivity index (χ0) is 36.8. The van der Waals surface area contributed by atoms with E-state index in [-0.39, 0.29) is 67.6 Å². The molecule has 5 N–H and O–H groups in total. The van der Waals surface area contributed by atoms with Crippen LogP contribution in [-0.4, -0.2) is 141 Å². The van der Waals surface area contributed by atoms with Crippen molar-refractivity contribution in [2.45, 2.75) is 195 Å². The molecular formula is C39H60O13. The molecule has 294 valence electrons. The lowest BCUT2D eigenvalue weighted by atomic mass is 9.81. The van der Waals surface area contributed by atoms with Crippen molar-refractivity contribution in [1.82, 2.24) is 0 Å². The van der Waals surface area contributed by atoms with Gasteiger partial charge in [-0.15, -0.1) is 0 Å². The third kappa shape index (κ3) is 8.26. The van der Waals surface area contributed by atoms with Crippen LogP contribution in [0.25, 0.3) is 0 Å². The second kappa shape index (κ2) is 16.4. The van der Waals surface area contributed by atoms with Crippen molar-refractivity contribution in [3.05, 3.63) is 12.2 Å². The van der Waals surface area contributed by atoms with Crippen LogP contribution in [-0.2, 0) is 38.0 Å². The quantitative estimate of drug-likeness (QED) is 0.264. The third-order valence-corrected chi connectivity index (χ3v) is 13.2. The Bertz CT molecular complexity index is 1280. The number of aliphatic hydroxyl groups is 5. The van der Waals surface area contributed by atoms with Crippen molar-refractivity contribution in [1.29, 1.82) is 0 Å². The van der Waals surface area contributed by atoms with Crippen molar-refractivity contribution >= 4 is 11.6 Å². The summed E-state index contributed by atoms with van der Waals surface area (Å²) in [5.41, 5.74) is 0.955. The minimum absolute atomic E-state index is 0.0183. The van der Waals surface area contributed by atoms with Gasteiger partial charge in [-0.25, -0.2) is 0 Å². The fourth-order valence-electron chi connectivity index (χ4n) is 10.1. The van der Waals surface area contributed by atoms with Gasteiger partial charge in [0.25, 0.3) is 0 Å². The van der Waals surface area contributed by atoms with E-state index in [4.69, 9.17) is 28.4 Å². The van der Waals surface area contributed by atoms with Gasteiger partial charge < -0.3 is 54.0 Å². The summed E-state index contributed by atoms with van der Waals surface area (Å²) in [6, 6.07) is 0. The Morgan fingerprint density at radius 1 is 0.673 bits per heavy atom. The summed E-state index contributed by atoms with van der Waals surface area (Å²) in [5.74, 6) is -0.187. The number of hydrogen-bond acceptors (Lipinski definition) is 13. The van der Waals surface area contributed by atoms with Crippen LogP contribution in [0.2, 0.25) is 0 Å². The van der Waals surface area contributed by atoms with Gasteiger partial charge in [0.2, 0.25) is 0 Å². The lowest BCUT2D eigenvalue weighted by Gasteiger charge is -2.46. The van der Waals surface area contributed by atoms with Gasteiger partial charge in [-0.3, -0.25) is 9.59 Å². The average Bonchev–Trinajstić information content (AvgIpc) is 3.73. The Labute approximate surface area is 306 Å². The monoisotopic (exact) mass is 736 g/mol. The molecule has 7 rings (SSSR count). The lowest BCUT2D eigenvalue weighted by Crippen LogP contribution is -2.61. The van der Waals surface area contributed by atoms with Crippen molar-refractivity contribution in [2.75, 3.05) is 6.61 Å². The van der Waals surface area contributed by atoms with Gasteiger partial charge in [0.15, 0.2) is 0 Å². The largest absolute Gasteiger partial charge is 0.394 e.